The number of para-hydroxylation sites is 1. The molecule has 0 bridgehead atoms. The molecular formula is C12H14BrFN2O3. The highest BCUT2D eigenvalue weighted by molar-refractivity contribution is 9.10. The number of amides is 2. The number of carboxylic acid groups (broad SMARTS) is 1. The van der Waals surface area contributed by atoms with Crippen molar-refractivity contribution >= 4 is 33.6 Å². The third-order valence-electron chi connectivity index (χ3n) is 2.25. The molecule has 0 aliphatic heterocycles. The first kappa shape index (κ1) is 15.4. The van der Waals surface area contributed by atoms with Gasteiger partial charge in [-0.1, -0.05) is 6.07 Å². The predicted molar refractivity (Wildman–Crippen MR) is 72.6 cm³/mol. The highest BCUT2D eigenvalue weighted by Gasteiger charge is 2.24. The van der Waals surface area contributed by atoms with Crippen molar-refractivity contribution in [3.63, 3.8) is 0 Å². The van der Waals surface area contributed by atoms with E-state index in [1.807, 2.05) is 0 Å². The first-order valence-corrected chi connectivity index (χ1v) is 6.25. The molecule has 0 unspecified atom stereocenters. The van der Waals surface area contributed by atoms with Crippen LogP contribution in [0.4, 0.5) is 14.9 Å². The number of nitrogens with one attached hydrogen (secondary N) is 2. The molecule has 0 aliphatic rings. The van der Waals surface area contributed by atoms with E-state index in [1.165, 1.54) is 12.1 Å². The molecule has 3 N–H and O–H groups in total. The smallest absolute Gasteiger partial charge is 0.319 e. The van der Waals surface area contributed by atoms with Crippen molar-refractivity contribution < 1.29 is 19.1 Å². The number of urea groups is 1. The first-order chi connectivity index (χ1) is 8.71. The number of carbonyl (C=O) groups excluding carboxylic acids is 1. The second-order valence-corrected chi connectivity index (χ2v) is 5.48. The zero-order chi connectivity index (χ0) is 14.6. The normalized spacial score (nSPS) is 10.9. The summed E-state index contributed by atoms with van der Waals surface area (Å²) in [5.41, 5.74) is -0.931. The Bertz CT molecular complexity index is 485. The molecule has 1 aromatic carbocycles. The Morgan fingerprint density at radius 1 is 1.42 bits per heavy atom. The third kappa shape index (κ3) is 4.86. The van der Waals surface area contributed by atoms with Crippen LogP contribution in [0.5, 0.6) is 0 Å². The van der Waals surface area contributed by atoms with Gasteiger partial charge in [0.15, 0.2) is 0 Å². The minimum absolute atomic E-state index is 0.00567. The van der Waals surface area contributed by atoms with Gasteiger partial charge in [0.2, 0.25) is 0 Å². The van der Waals surface area contributed by atoms with Crippen LogP contribution in [0.3, 0.4) is 0 Å². The summed E-state index contributed by atoms with van der Waals surface area (Å²) in [6.45, 7) is 3.13. The van der Waals surface area contributed by atoms with Crippen LogP contribution < -0.4 is 10.6 Å². The molecule has 7 heteroatoms. The number of carboxylic acids is 1. The van der Waals surface area contributed by atoms with E-state index in [2.05, 4.69) is 26.6 Å². The molecule has 1 aromatic rings. The van der Waals surface area contributed by atoms with Crippen LogP contribution in [0.25, 0.3) is 0 Å². The summed E-state index contributed by atoms with van der Waals surface area (Å²) >= 11 is 3.12. The van der Waals surface area contributed by atoms with Crippen molar-refractivity contribution in [1.82, 2.24) is 5.32 Å². The number of anilines is 1. The number of carbonyl (C=O) groups is 2. The molecule has 19 heavy (non-hydrogen) atoms. The fourth-order valence-corrected chi connectivity index (χ4v) is 1.93. The molecule has 0 atom stereocenters. The molecule has 0 heterocycles. The van der Waals surface area contributed by atoms with Gasteiger partial charge >= 0.3 is 12.0 Å². The van der Waals surface area contributed by atoms with Crippen LogP contribution in [0.1, 0.15) is 20.3 Å². The maximum absolute atomic E-state index is 13.5. The Kier molecular flexibility index (Phi) is 4.88. The molecule has 0 fully saturated rings. The fourth-order valence-electron chi connectivity index (χ4n) is 1.49. The molecule has 1 rings (SSSR count). The first-order valence-electron chi connectivity index (χ1n) is 5.46. The number of rotatable bonds is 4. The number of hydrogen-bond acceptors (Lipinski definition) is 2. The van der Waals surface area contributed by atoms with Gasteiger partial charge in [0.25, 0.3) is 0 Å². The van der Waals surface area contributed by atoms with Gasteiger partial charge in [0.05, 0.1) is 12.1 Å². The van der Waals surface area contributed by atoms with Gasteiger partial charge in [-0.2, -0.15) is 0 Å². The van der Waals surface area contributed by atoms with E-state index in [0.29, 0.717) is 4.47 Å². The Balaban J connectivity index is 2.73. The second kappa shape index (κ2) is 6.01. The molecule has 2 amide bonds. The van der Waals surface area contributed by atoms with E-state index >= 15 is 0 Å². The molecule has 0 saturated carbocycles. The van der Waals surface area contributed by atoms with Gasteiger partial charge in [-0.05, 0) is 41.9 Å². The molecule has 0 radical (unpaired) electrons. The van der Waals surface area contributed by atoms with E-state index in [0.717, 1.165) is 0 Å². The number of hydrogen-bond donors (Lipinski definition) is 3. The van der Waals surface area contributed by atoms with E-state index in [9.17, 15) is 14.0 Å². The molecule has 104 valence electrons. The largest absolute Gasteiger partial charge is 0.481 e. The highest BCUT2D eigenvalue weighted by atomic mass is 79.9. The zero-order valence-corrected chi connectivity index (χ0v) is 12.0. The Morgan fingerprint density at radius 3 is 2.58 bits per heavy atom. The standard InChI is InChI=1S/C12H14BrFN2O3/c1-12(2,6-9(17)18)16-11(19)15-10-7(13)4-3-5-8(10)14/h3-5H,6H2,1-2H3,(H,17,18)(H2,15,16,19). The van der Waals surface area contributed by atoms with Crippen molar-refractivity contribution in [2.75, 3.05) is 5.32 Å². The molecule has 0 spiro atoms. The summed E-state index contributed by atoms with van der Waals surface area (Å²) in [6.07, 6.45) is -0.237. The SMILES string of the molecule is CC(C)(CC(=O)O)NC(=O)Nc1c(F)cccc1Br. The average molecular weight is 333 g/mol. The van der Waals surface area contributed by atoms with Crippen LogP contribution >= 0.6 is 15.9 Å². The van der Waals surface area contributed by atoms with Crippen molar-refractivity contribution in [3.05, 3.63) is 28.5 Å². The number of halogens is 2. The van der Waals surface area contributed by atoms with Crippen LogP contribution in [-0.4, -0.2) is 22.6 Å². The van der Waals surface area contributed by atoms with Crippen molar-refractivity contribution in [1.29, 1.82) is 0 Å². The van der Waals surface area contributed by atoms with E-state index < -0.39 is 23.4 Å². The lowest BCUT2D eigenvalue weighted by atomic mass is 10.0. The fraction of sp³-hybridized carbons (Fsp3) is 0.333. The summed E-state index contributed by atoms with van der Waals surface area (Å²) in [5.74, 6) is -1.61. The van der Waals surface area contributed by atoms with Crippen molar-refractivity contribution in [3.8, 4) is 0 Å². The Labute approximate surface area is 118 Å². The van der Waals surface area contributed by atoms with Crippen LogP contribution in [0, 0.1) is 5.82 Å². The van der Waals surface area contributed by atoms with Gasteiger partial charge < -0.3 is 15.7 Å². The van der Waals surface area contributed by atoms with Gasteiger partial charge in [-0.3, -0.25) is 4.79 Å². The van der Waals surface area contributed by atoms with Crippen LogP contribution in [-0.2, 0) is 4.79 Å². The number of aliphatic carboxylic acids is 1. The van der Waals surface area contributed by atoms with Crippen molar-refractivity contribution in [2.45, 2.75) is 25.8 Å². The lowest BCUT2D eigenvalue weighted by Crippen LogP contribution is -2.47. The van der Waals surface area contributed by atoms with Gasteiger partial charge in [0, 0.05) is 10.0 Å². The number of benzene rings is 1. The van der Waals surface area contributed by atoms with Crippen LogP contribution in [0.15, 0.2) is 22.7 Å². The highest BCUT2D eigenvalue weighted by Crippen LogP contribution is 2.25. The Hall–Kier alpha value is -1.63. The topological polar surface area (TPSA) is 78.4 Å². The molecule has 0 aliphatic carbocycles. The lowest BCUT2D eigenvalue weighted by Gasteiger charge is -2.24. The molecular weight excluding hydrogens is 319 g/mol. The molecule has 0 aromatic heterocycles. The zero-order valence-electron chi connectivity index (χ0n) is 10.5. The molecule has 5 nitrogen and oxygen atoms in total. The summed E-state index contributed by atoms with van der Waals surface area (Å²) in [4.78, 5) is 22.3. The summed E-state index contributed by atoms with van der Waals surface area (Å²) < 4.78 is 13.9. The monoisotopic (exact) mass is 332 g/mol. The molecule has 0 saturated heterocycles. The van der Waals surface area contributed by atoms with Gasteiger partial charge in [-0.15, -0.1) is 0 Å². The lowest BCUT2D eigenvalue weighted by molar-refractivity contribution is -0.138. The van der Waals surface area contributed by atoms with E-state index in [1.54, 1.807) is 19.9 Å². The van der Waals surface area contributed by atoms with Gasteiger partial charge in [-0.25, -0.2) is 9.18 Å². The average Bonchev–Trinajstić information content (AvgIpc) is 2.20. The predicted octanol–water partition coefficient (Wildman–Crippen LogP) is 2.96. The quantitative estimate of drug-likeness (QED) is 0.793. The third-order valence-corrected chi connectivity index (χ3v) is 2.91. The van der Waals surface area contributed by atoms with Crippen LogP contribution in [0.2, 0.25) is 0 Å². The minimum Gasteiger partial charge on any atom is -0.481 e. The second-order valence-electron chi connectivity index (χ2n) is 4.63. The van der Waals surface area contributed by atoms with E-state index in [-0.39, 0.29) is 12.1 Å². The van der Waals surface area contributed by atoms with Crippen molar-refractivity contribution in [2.24, 2.45) is 0 Å². The Morgan fingerprint density at radius 2 is 2.05 bits per heavy atom. The maximum Gasteiger partial charge on any atom is 0.319 e. The van der Waals surface area contributed by atoms with E-state index in [4.69, 9.17) is 5.11 Å². The summed E-state index contributed by atoms with van der Waals surface area (Å²) in [6, 6.07) is 3.62. The minimum atomic E-state index is -1.03. The summed E-state index contributed by atoms with van der Waals surface area (Å²) in [5, 5.41) is 13.5. The maximum atomic E-state index is 13.5. The summed E-state index contributed by atoms with van der Waals surface area (Å²) in [7, 11) is 0. The van der Waals surface area contributed by atoms with Gasteiger partial charge in [0.1, 0.15) is 5.82 Å².